The lowest BCUT2D eigenvalue weighted by Crippen LogP contribution is -2.45. The highest BCUT2D eigenvalue weighted by atomic mass is 35.5. The first kappa shape index (κ1) is 19.5. The van der Waals surface area contributed by atoms with Gasteiger partial charge >= 0.3 is 0 Å². The van der Waals surface area contributed by atoms with Gasteiger partial charge in [0.05, 0.1) is 5.02 Å². The monoisotopic (exact) mass is 396 g/mol. The predicted octanol–water partition coefficient (Wildman–Crippen LogP) is 4.29. The number of rotatable bonds is 5. The summed E-state index contributed by atoms with van der Waals surface area (Å²) in [6.45, 7) is 2.22. The highest BCUT2D eigenvalue weighted by Gasteiger charge is 2.18. The fraction of sp³-hybridized carbons (Fsp3) is 0.222. The molecule has 0 heterocycles. The Morgan fingerprint density at radius 1 is 1.24 bits per heavy atom. The van der Waals surface area contributed by atoms with Crippen LogP contribution in [0.4, 0.5) is 0 Å². The second-order valence-corrected chi connectivity index (χ2v) is 6.70. The number of carbonyl (C=O) groups excluding carboxylic acids is 1. The summed E-state index contributed by atoms with van der Waals surface area (Å²) in [6.07, 6.45) is -0.762. The maximum absolute atomic E-state index is 12.3. The number of thiocarbonyl (C=S) groups is 1. The number of ether oxygens (including phenoxy) is 1. The van der Waals surface area contributed by atoms with E-state index in [1.165, 1.54) is 0 Å². The molecule has 1 unspecified atom stereocenters. The van der Waals surface area contributed by atoms with Gasteiger partial charge in [0, 0.05) is 18.6 Å². The predicted molar refractivity (Wildman–Crippen MR) is 105 cm³/mol. The van der Waals surface area contributed by atoms with Gasteiger partial charge in [-0.15, -0.1) is 0 Å². The van der Waals surface area contributed by atoms with Crippen LogP contribution in [-0.4, -0.2) is 29.1 Å². The Morgan fingerprint density at radius 2 is 1.92 bits per heavy atom. The molecule has 25 heavy (non-hydrogen) atoms. The summed E-state index contributed by atoms with van der Waals surface area (Å²) in [5, 5.41) is 3.84. The molecule has 2 aromatic rings. The van der Waals surface area contributed by atoms with Crippen molar-refractivity contribution in [1.29, 1.82) is 0 Å². The van der Waals surface area contributed by atoms with Crippen LogP contribution in [0.3, 0.4) is 0 Å². The summed E-state index contributed by atoms with van der Waals surface area (Å²) in [6, 6.07) is 14.7. The maximum Gasteiger partial charge on any atom is 0.266 e. The molecule has 2 rings (SSSR count). The van der Waals surface area contributed by atoms with Crippen LogP contribution in [0.1, 0.15) is 12.5 Å². The van der Waals surface area contributed by atoms with Gasteiger partial charge in [-0.05, 0) is 42.9 Å². The van der Waals surface area contributed by atoms with Crippen molar-refractivity contribution in [2.75, 3.05) is 7.05 Å². The van der Waals surface area contributed by atoms with Crippen molar-refractivity contribution < 1.29 is 9.53 Å². The van der Waals surface area contributed by atoms with E-state index in [9.17, 15) is 4.79 Å². The molecular weight excluding hydrogens is 379 g/mol. The number of nitrogens with one attached hydrogen (secondary N) is 1. The van der Waals surface area contributed by atoms with Gasteiger partial charge in [0.15, 0.2) is 11.2 Å². The van der Waals surface area contributed by atoms with Crippen molar-refractivity contribution in [3.05, 3.63) is 64.1 Å². The van der Waals surface area contributed by atoms with E-state index in [0.29, 0.717) is 27.5 Å². The Labute approximate surface area is 162 Å². The van der Waals surface area contributed by atoms with Crippen LogP contribution in [0.5, 0.6) is 5.75 Å². The van der Waals surface area contributed by atoms with Crippen LogP contribution < -0.4 is 10.1 Å². The smallest absolute Gasteiger partial charge is 0.266 e. The summed E-state index contributed by atoms with van der Waals surface area (Å²) < 4.78 is 5.58. The molecule has 2 aromatic carbocycles. The zero-order valence-corrected chi connectivity index (χ0v) is 16.2. The SMILES string of the molecule is CC(Oc1ccc(Cl)cc1Cl)C(=O)NC(=S)N(C)Cc1ccccc1. The number of nitrogens with zero attached hydrogens (tertiary/aromatic N) is 1. The number of hydrogen-bond donors (Lipinski definition) is 1. The number of halogens is 2. The van der Waals surface area contributed by atoms with E-state index >= 15 is 0 Å². The van der Waals surface area contributed by atoms with Gasteiger partial charge in [-0.25, -0.2) is 0 Å². The Balaban J connectivity index is 1.90. The second-order valence-electron chi connectivity index (χ2n) is 5.47. The van der Waals surface area contributed by atoms with Gasteiger partial charge in [-0.1, -0.05) is 53.5 Å². The standard InChI is InChI=1S/C18H18Cl2N2O2S/c1-12(24-16-9-8-14(19)10-15(16)20)17(23)21-18(25)22(2)11-13-6-4-3-5-7-13/h3-10,12H,11H2,1-2H3,(H,21,23,25). The molecule has 4 nitrogen and oxygen atoms in total. The molecule has 0 spiro atoms. The zero-order valence-electron chi connectivity index (χ0n) is 13.8. The van der Waals surface area contributed by atoms with E-state index in [-0.39, 0.29) is 5.91 Å². The first-order valence-electron chi connectivity index (χ1n) is 7.58. The van der Waals surface area contributed by atoms with Gasteiger partial charge in [0.2, 0.25) is 0 Å². The van der Waals surface area contributed by atoms with E-state index in [2.05, 4.69) is 5.32 Å². The summed E-state index contributed by atoms with van der Waals surface area (Å²) in [4.78, 5) is 14.1. The molecule has 0 aromatic heterocycles. The molecule has 0 aliphatic carbocycles. The minimum absolute atomic E-state index is 0.325. The molecule has 0 fully saturated rings. The van der Waals surface area contributed by atoms with Crippen LogP contribution in [0, 0.1) is 0 Å². The highest BCUT2D eigenvalue weighted by Crippen LogP contribution is 2.28. The normalized spacial score (nSPS) is 11.5. The van der Waals surface area contributed by atoms with E-state index in [4.69, 9.17) is 40.2 Å². The number of hydrogen-bond acceptors (Lipinski definition) is 3. The molecule has 0 saturated heterocycles. The van der Waals surface area contributed by atoms with Gasteiger partial charge in [-0.3, -0.25) is 10.1 Å². The summed E-state index contributed by atoms with van der Waals surface area (Å²) in [7, 11) is 1.82. The average molecular weight is 397 g/mol. The number of benzene rings is 2. The quantitative estimate of drug-likeness (QED) is 0.765. The van der Waals surface area contributed by atoms with Crippen molar-refractivity contribution >= 4 is 46.4 Å². The largest absolute Gasteiger partial charge is 0.479 e. The molecule has 0 aliphatic heterocycles. The van der Waals surface area contributed by atoms with E-state index in [1.807, 2.05) is 37.4 Å². The average Bonchev–Trinajstić information content (AvgIpc) is 2.58. The van der Waals surface area contributed by atoms with Crippen molar-refractivity contribution in [1.82, 2.24) is 10.2 Å². The van der Waals surface area contributed by atoms with Crippen molar-refractivity contribution in [3.63, 3.8) is 0 Å². The molecule has 132 valence electrons. The molecule has 0 bridgehead atoms. The van der Waals surface area contributed by atoms with Gasteiger partial charge in [0.25, 0.3) is 5.91 Å². The third-order valence-corrected chi connectivity index (χ3v) is 4.35. The number of amides is 1. The lowest BCUT2D eigenvalue weighted by atomic mass is 10.2. The van der Waals surface area contributed by atoms with Crippen molar-refractivity contribution in [3.8, 4) is 5.75 Å². The molecule has 0 saturated carbocycles. The number of carbonyl (C=O) groups is 1. The molecular formula is C18H18Cl2N2O2S. The van der Waals surface area contributed by atoms with Crippen LogP contribution in [0.15, 0.2) is 48.5 Å². The molecule has 1 N–H and O–H groups in total. The maximum atomic E-state index is 12.3. The van der Waals surface area contributed by atoms with E-state index < -0.39 is 6.10 Å². The van der Waals surface area contributed by atoms with Crippen molar-refractivity contribution in [2.45, 2.75) is 19.6 Å². The Bertz CT molecular complexity index is 756. The summed E-state index contributed by atoms with van der Waals surface area (Å²) in [5.41, 5.74) is 1.10. The van der Waals surface area contributed by atoms with Crippen LogP contribution in [0.25, 0.3) is 0 Å². The van der Waals surface area contributed by atoms with Crippen LogP contribution >= 0.6 is 35.4 Å². The topological polar surface area (TPSA) is 41.6 Å². The zero-order chi connectivity index (χ0) is 18.4. The molecule has 1 atom stereocenters. The second kappa shape index (κ2) is 9.04. The van der Waals surface area contributed by atoms with Gasteiger partial charge < -0.3 is 9.64 Å². The van der Waals surface area contributed by atoms with Gasteiger partial charge in [0.1, 0.15) is 5.75 Å². The Kier molecular flexibility index (Phi) is 7.05. The van der Waals surface area contributed by atoms with E-state index in [1.54, 1.807) is 30.0 Å². The lowest BCUT2D eigenvalue weighted by Gasteiger charge is -2.22. The molecule has 0 radical (unpaired) electrons. The van der Waals surface area contributed by atoms with E-state index in [0.717, 1.165) is 5.56 Å². The first-order valence-corrected chi connectivity index (χ1v) is 8.75. The Hall–Kier alpha value is -1.82. The minimum Gasteiger partial charge on any atom is -0.479 e. The molecule has 1 amide bonds. The molecule has 0 aliphatic rings. The summed E-state index contributed by atoms with van der Waals surface area (Å²) in [5.74, 6) is 0.0354. The lowest BCUT2D eigenvalue weighted by molar-refractivity contribution is -0.125. The third-order valence-electron chi connectivity index (χ3n) is 3.41. The van der Waals surface area contributed by atoms with Crippen molar-refractivity contribution in [2.24, 2.45) is 0 Å². The highest BCUT2D eigenvalue weighted by molar-refractivity contribution is 7.80. The van der Waals surface area contributed by atoms with Gasteiger partial charge in [-0.2, -0.15) is 0 Å². The fourth-order valence-electron chi connectivity index (χ4n) is 2.05. The fourth-order valence-corrected chi connectivity index (χ4v) is 2.66. The molecule has 7 heteroatoms. The van der Waals surface area contributed by atoms with Crippen LogP contribution in [0.2, 0.25) is 10.0 Å². The third kappa shape index (κ3) is 5.88. The van der Waals surface area contributed by atoms with Crippen LogP contribution in [-0.2, 0) is 11.3 Å². The Morgan fingerprint density at radius 3 is 2.56 bits per heavy atom. The minimum atomic E-state index is -0.762. The first-order chi connectivity index (χ1) is 11.9. The summed E-state index contributed by atoms with van der Waals surface area (Å²) >= 11 is 17.2.